The summed E-state index contributed by atoms with van der Waals surface area (Å²) in [6.45, 7) is 5.11. The number of hydrogen-bond donors (Lipinski definition) is 1. The van der Waals surface area contributed by atoms with Crippen LogP contribution in [0.15, 0.2) is 64.5 Å². The molecule has 196 valence electrons. The van der Waals surface area contributed by atoms with Gasteiger partial charge in [-0.2, -0.15) is 0 Å². The average Bonchev–Trinajstić information content (AvgIpc) is 3.24. The van der Waals surface area contributed by atoms with Crippen LogP contribution < -0.4 is 10.9 Å². The molecule has 9 nitrogen and oxygen atoms in total. The highest BCUT2D eigenvalue weighted by Gasteiger charge is 2.28. The Bertz CT molecular complexity index is 1580. The van der Waals surface area contributed by atoms with E-state index in [1.807, 2.05) is 18.2 Å². The van der Waals surface area contributed by atoms with Crippen molar-refractivity contribution in [1.29, 1.82) is 0 Å². The molecule has 1 unspecified atom stereocenters. The van der Waals surface area contributed by atoms with Crippen molar-refractivity contribution in [3.05, 3.63) is 81.0 Å². The van der Waals surface area contributed by atoms with E-state index >= 15 is 0 Å². The van der Waals surface area contributed by atoms with Gasteiger partial charge in [-0.15, -0.1) is 11.3 Å². The molecule has 4 rings (SSSR count). The van der Waals surface area contributed by atoms with Gasteiger partial charge in [0.15, 0.2) is 5.16 Å². The van der Waals surface area contributed by atoms with Crippen LogP contribution in [0.2, 0.25) is 0 Å². The molecule has 0 bridgehead atoms. The van der Waals surface area contributed by atoms with Crippen molar-refractivity contribution in [3.63, 3.8) is 0 Å². The summed E-state index contributed by atoms with van der Waals surface area (Å²) in [6, 6.07) is 16.1. The summed E-state index contributed by atoms with van der Waals surface area (Å²) in [6.07, 6.45) is 0. The first-order valence-electron chi connectivity index (χ1n) is 11.7. The van der Waals surface area contributed by atoms with E-state index in [2.05, 4.69) is 10.3 Å². The number of hydrogen-bond acceptors (Lipinski definition) is 9. The summed E-state index contributed by atoms with van der Waals surface area (Å²) in [7, 11) is 1.22. The number of nitrogens with one attached hydrogen (secondary N) is 1. The fraction of sp³-hybridized carbons (Fsp3) is 0.222. The Labute approximate surface area is 226 Å². The number of ether oxygens (including phenoxy) is 2. The first-order valence-corrected chi connectivity index (χ1v) is 13.4. The molecule has 0 fully saturated rings. The van der Waals surface area contributed by atoms with E-state index in [1.165, 1.54) is 11.7 Å². The van der Waals surface area contributed by atoms with Gasteiger partial charge >= 0.3 is 11.9 Å². The number of fused-ring (bicyclic) bond motifs is 1. The molecule has 0 aliphatic heterocycles. The van der Waals surface area contributed by atoms with Crippen molar-refractivity contribution in [3.8, 4) is 5.69 Å². The number of carbonyl (C=O) groups is 3. The normalized spacial score (nSPS) is 11.7. The van der Waals surface area contributed by atoms with Crippen molar-refractivity contribution in [1.82, 2.24) is 9.55 Å². The second-order valence-corrected chi connectivity index (χ2v) is 10.4. The fourth-order valence-electron chi connectivity index (χ4n) is 3.76. The van der Waals surface area contributed by atoms with Crippen molar-refractivity contribution >= 4 is 56.8 Å². The van der Waals surface area contributed by atoms with Crippen LogP contribution in [0.1, 0.15) is 39.4 Å². The molecule has 2 aromatic heterocycles. The van der Waals surface area contributed by atoms with Gasteiger partial charge in [-0.1, -0.05) is 42.1 Å². The molecular weight excluding hydrogens is 526 g/mol. The number of benzene rings is 2. The SMILES string of the molecule is CCOC(=O)c1sc(NC(=O)C(C)Sc2nc3ccccc3c(=O)n2-c2ccccc2)c(C(=O)OC)c1C. The van der Waals surface area contributed by atoms with Crippen LogP contribution in [0.3, 0.4) is 0 Å². The number of aromatic nitrogens is 2. The number of nitrogens with zero attached hydrogens (tertiary/aromatic N) is 2. The monoisotopic (exact) mass is 551 g/mol. The standard InChI is InChI=1S/C27H25N3O6S2/c1-5-36-26(34)21-15(2)20(25(33)35-4)23(38-21)29-22(31)16(3)37-27-28-19-14-10-9-13-18(19)24(32)30(27)17-11-7-6-8-12-17/h6-14,16H,5H2,1-4H3,(H,29,31). The Morgan fingerprint density at radius 1 is 1.08 bits per heavy atom. The van der Waals surface area contributed by atoms with Crippen LogP contribution in [-0.4, -0.2) is 46.4 Å². The summed E-state index contributed by atoms with van der Waals surface area (Å²) in [4.78, 5) is 56.5. The molecule has 0 saturated carbocycles. The minimum absolute atomic E-state index is 0.0936. The van der Waals surface area contributed by atoms with Gasteiger partial charge in [-0.05, 0) is 50.6 Å². The minimum atomic E-state index is -0.725. The highest BCUT2D eigenvalue weighted by molar-refractivity contribution is 8.00. The lowest BCUT2D eigenvalue weighted by molar-refractivity contribution is -0.115. The van der Waals surface area contributed by atoms with Crippen molar-refractivity contribution in [2.75, 3.05) is 19.0 Å². The molecule has 1 atom stereocenters. The molecule has 38 heavy (non-hydrogen) atoms. The molecule has 1 N–H and O–H groups in total. The summed E-state index contributed by atoms with van der Waals surface area (Å²) in [5.41, 5.74) is 1.34. The number of thiophene rings is 1. The highest BCUT2D eigenvalue weighted by atomic mass is 32.2. The zero-order chi connectivity index (χ0) is 27.4. The fourth-order valence-corrected chi connectivity index (χ4v) is 5.78. The lowest BCUT2D eigenvalue weighted by Crippen LogP contribution is -2.26. The quantitative estimate of drug-likeness (QED) is 0.188. The van der Waals surface area contributed by atoms with Gasteiger partial charge in [0.25, 0.3) is 5.56 Å². The van der Waals surface area contributed by atoms with E-state index < -0.39 is 23.1 Å². The minimum Gasteiger partial charge on any atom is -0.465 e. The van der Waals surface area contributed by atoms with Crippen molar-refractivity contribution in [2.24, 2.45) is 0 Å². The maximum Gasteiger partial charge on any atom is 0.348 e. The number of anilines is 1. The predicted octanol–water partition coefficient (Wildman–Crippen LogP) is 4.84. The van der Waals surface area contributed by atoms with Gasteiger partial charge in [-0.25, -0.2) is 14.6 Å². The second-order valence-electron chi connectivity index (χ2n) is 8.11. The highest BCUT2D eigenvalue weighted by Crippen LogP contribution is 2.35. The van der Waals surface area contributed by atoms with Crippen LogP contribution in [0.4, 0.5) is 5.00 Å². The summed E-state index contributed by atoms with van der Waals surface area (Å²) >= 11 is 2.05. The van der Waals surface area contributed by atoms with E-state index in [0.717, 1.165) is 23.1 Å². The molecule has 0 aliphatic carbocycles. The number of thioether (sulfide) groups is 1. The number of amides is 1. The van der Waals surface area contributed by atoms with Gasteiger partial charge in [0, 0.05) is 0 Å². The van der Waals surface area contributed by atoms with Gasteiger partial charge in [-0.3, -0.25) is 14.2 Å². The third kappa shape index (κ3) is 5.34. The number of esters is 2. The molecule has 2 aromatic carbocycles. The Morgan fingerprint density at radius 3 is 2.45 bits per heavy atom. The lowest BCUT2D eigenvalue weighted by Gasteiger charge is -2.16. The molecule has 0 saturated heterocycles. The van der Waals surface area contributed by atoms with E-state index in [1.54, 1.807) is 57.2 Å². The van der Waals surface area contributed by atoms with Crippen LogP contribution >= 0.6 is 23.1 Å². The molecule has 11 heteroatoms. The molecule has 0 radical (unpaired) electrons. The number of para-hydroxylation sites is 2. The first-order chi connectivity index (χ1) is 18.3. The molecular formula is C27H25N3O6S2. The second kappa shape index (κ2) is 11.6. The van der Waals surface area contributed by atoms with Gasteiger partial charge in [0.05, 0.1) is 41.1 Å². The Balaban J connectivity index is 1.69. The summed E-state index contributed by atoms with van der Waals surface area (Å²) < 4.78 is 11.4. The van der Waals surface area contributed by atoms with E-state index in [0.29, 0.717) is 27.3 Å². The van der Waals surface area contributed by atoms with Crippen LogP contribution in [0.25, 0.3) is 16.6 Å². The van der Waals surface area contributed by atoms with Gasteiger partial charge in [0.1, 0.15) is 9.88 Å². The van der Waals surface area contributed by atoms with Crippen LogP contribution in [-0.2, 0) is 14.3 Å². The molecule has 0 spiro atoms. The average molecular weight is 552 g/mol. The van der Waals surface area contributed by atoms with E-state index in [9.17, 15) is 19.2 Å². The van der Waals surface area contributed by atoms with Gasteiger partial charge in [0.2, 0.25) is 5.91 Å². The zero-order valence-corrected chi connectivity index (χ0v) is 22.8. The smallest absolute Gasteiger partial charge is 0.348 e. The molecule has 2 heterocycles. The summed E-state index contributed by atoms with van der Waals surface area (Å²) in [5.74, 6) is -1.71. The molecule has 1 amide bonds. The Hall–Kier alpha value is -3.96. The number of rotatable bonds is 8. The third-order valence-electron chi connectivity index (χ3n) is 5.64. The van der Waals surface area contributed by atoms with Crippen LogP contribution in [0.5, 0.6) is 0 Å². The van der Waals surface area contributed by atoms with Crippen LogP contribution in [0, 0.1) is 6.92 Å². The predicted molar refractivity (Wildman–Crippen MR) is 148 cm³/mol. The summed E-state index contributed by atoms with van der Waals surface area (Å²) in [5, 5.41) is 3.00. The van der Waals surface area contributed by atoms with E-state index in [4.69, 9.17) is 9.47 Å². The zero-order valence-electron chi connectivity index (χ0n) is 21.1. The number of methoxy groups -OCH3 is 1. The number of carbonyl (C=O) groups excluding carboxylic acids is 3. The maximum absolute atomic E-state index is 13.4. The van der Waals surface area contributed by atoms with Crippen molar-refractivity contribution < 1.29 is 23.9 Å². The molecule has 4 aromatic rings. The topological polar surface area (TPSA) is 117 Å². The van der Waals surface area contributed by atoms with Crippen molar-refractivity contribution in [2.45, 2.75) is 31.2 Å². The first kappa shape index (κ1) is 27.1. The largest absolute Gasteiger partial charge is 0.465 e. The Morgan fingerprint density at radius 2 is 1.76 bits per heavy atom. The van der Waals surface area contributed by atoms with Gasteiger partial charge < -0.3 is 14.8 Å². The third-order valence-corrected chi connectivity index (χ3v) is 7.88. The Kier molecular flexibility index (Phi) is 8.28. The molecule has 0 aliphatic rings. The maximum atomic E-state index is 13.4. The van der Waals surface area contributed by atoms with E-state index in [-0.39, 0.29) is 27.6 Å². The lowest BCUT2D eigenvalue weighted by atomic mass is 10.1.